The third-order valence-electron chi connectivity index (χ3n) is 10.3. The van der Waals surface area contributed by atoms with Gasteiger partial charge in [-0.2, -0.15) is 0 Å². The zero-order valence-electron chi connectivity index (χ0n) is 23.9. The quantitative estimate of drug-likeness (QED) is 0.170. The first-order valence-electron chi connectivity index (χ1n) is 15.5. The average Bonchev–Trinajstić information content (AvgIpc) is 3.62. The second kappa shape index (κ2) is 7.58. The Morgan fingerprint density at radius 1 is 0.578 bits per heavy atom. The molecule has 0 N–H and O–H groups in total. The zero-order valence-corrected chi connectivity index (χ0v) is 23.9. The summed E-state index contributed by atoms with van der Waals surface area (Å²) in [5.41, 5.74) is 12.7. The molecule has 0 bridgehead atoms. The Kier molecular flexibility index (Phi) is 3.80. The lowest BCUT2D eigenvalue weighted by Crippen LogP contribution is -2.57. The molecule has 0 radical (unpaired) electrons. The molecule has 9 aromatic rings. The van der Waals surface area contributed by atoms with E-state index in [1.54, 1.807) is 0 Å². The molecule has 0 saturated carbocycles. The Morgan fingerprint density at radius 2 is 1.36 bits per heavy atom. The molecule has 4 nitrogen and oxygen atoms in total. The van der Waals surface area contributed by atoms with Crippen LogP contribution in [-0.2, 0) is 0 Å². The molecule has 0 aliphatic carbocycles. The van der Waals surface area contributed by atoms with Gasteiger partial charge >= 0.3 is 6.85 Å². The van der Waals surface area contributed by atoms with E-state index in [2.05, 4.69) is 131 Å². The largest absolute Gasteiger partial charge is 0.456 e. The van der Waals surface area contributed by atoms with Crippen LogP contribution < -0.4 is 20.6 Å². The van der Waals surface area contributed by atoms with Crippen LogP contribution in [0.2, 0.25) is 0 Å². The van der Waals surface area contributed by atoms with Crippen LogP contribution in [0, 0.1) is 0 Å². The monoisotopic (exact) mass is 572 g/mol. The molecule has 0 unspecified atom stereocenters. The third-order valence-corrected chi connectivity index (χ3v) is 10.3. The molecule has 2 aromatic heterocycles. The molecule has 0 fully saturated rings. The lowest BCUT2D eigenvalue weighted by Gasteiger charge is -2.43. The lowest BCUT2D eigenvalue weighted by molar-refractivity contribution is 0.477. The summed E-state index contributed by atoms with van der Waals surface area (Å²) in [6.45, 7) is -0.0517. The fraction of sp³-hybridized carbons (Fsp3) is 0. The van der Waals surface area contributed by atoms with Gasteiger partial charge in [-0.05, 0) is 63.7 Å². The van der Waals surface area contributed by atoms with Crippen LogP contribution in [0.1, 0.15) is 0 Å². The molecule has 5 heterocycles. The highest BCUT2D eigenvalue weighted by Gasteiger charge is 2.46. The van der Waals surface area contributed by atoms with Crippen LogP contribution >= 0.6 is 0 Å². The fourth-order valence-corrected chi connectivity index (χ4v) is 8.61. The number of ether oxygens (including phenoxy) is 1. The van der Waals surface area contributed by atoms with Gasteiger partial charge in [-0.1, -0.05) is 84.9 Å². The summed E-state index contributed by atoms with van der Waals surface area (Å²) in [4.78, 5) is 2.41. The van der Waals surface area contributed by atoms with E-state index in [0.29, 0.717) is 0 Å². The van der Waals surface area contributed by atoms with Crippen LogP contribution in [0.4, 0.5) is 17.1 Å². The Morgan fingerprint density at radius 3 is 2.31 bits per heavy atom. The Hall–Kier alpha value is -5.94. The average molecular weight is 572 g/mol. The van der Waals surface area contributed by atoms with Gasteiger partial charge in [0.15, 0.2) is 11.5 Å². The highest BCUT2D eigenvalue weighted by molar-refractivity contribution is 6.90. The number of para-hydroxylation sites is 5. The van der Waals surface area contributed by atoms with Crippen LogP contribution in [-0.4, -0.2) is 11.3 Å². The van der Waals surface area contributed by atoms with Gasteiger partial charge < -0.3 is 18.5 Å². The summed E-state index contributed by atoms with van der Waals surface area (Å²) in [5.74, 6) is 1.73. The predicted octanol–water partition coefficient (Wildman–Crippen LogP) is 9.37. The Balaban J connectivity index is 1.35. The number of benzene rings is 7. The van der Waals surface area contributed by atoms with Gasteiger partial charge in [0.1, 0.15) is 11.2 Å². The van der Waals surface area contributed by atoms with Crippen molar-refractivity contribution < 1.29 is 9.15 Å². The van der Waals surface area contributed by atoms with E-state index in [9.17, 15) is 0 Å². The second-order valence-corrected chi connectivity index (χ2v) is 12.4. The number of rotatable bonds is 0. The zero-order chi connectivity index (χ0) is 29.0. The first-order valence-corrected chi connectivity index (χ1v) is 15.5. The highest BCUT2D eigenvalue weighted by atomic mass is 16.5. The van der Waals surface area contributed by atoms with Crippen molar-refractivity contribution in [1.82, 2.24) is 4.48 Å². The van der Waals surface area contributed by atoms with Crippen molar-refractivity contribution in [3.8, 4) is 22.6 Å². The maximum absolute atomic E-state index is 6.67. The summed E-state index contributed by atoms with van der Waals surface area (Å²) < 4.78 is 15.9. The van der Waals surface area contributed by atoms with E-state index in [4.69, 9.17) is 9.15 Å². The third kappa shape index (κ3) is 2.56. The molecule has 0 spiro atoms. The number of fused-ring (bicyclic) bond motifs is 14. The number of hydrogen-bond donors (Lipinski definition) is 0. The van der Waals surface area contributed by atoms with Gasteiger partial charge in [-0.25, -0.2) is 0 Å². The molecule has 0 saturated heterocycles. The van der Waals surface area contributed by atoms with Gasteiger partial charge in [-0.3, -0.25) is 0 Å². The minimum absolute atomic E-state index is 0.0517. The van der Waals surface area contributed by atoms with E-state index in [1.165, 1.54) is 60.0 Å². The highest BCUT2D eigenvalue weighted by Crippen LogP contribution is 2.54. The van der Waals surface area contributed by atoms with Gasteiger partial charge in [0.2, 0.25) is 0 Å². The first-order chi connectivity index (χ1) is 22.3. The number of nitrogens with zero attached hydrogens (tertiary/aromatic N) is 2. The van der Waals surface area contributed by atoms with Gasteiger partial charge in [0, 0.05) is 49.9 Å². The van der Waals surface area contributed by atoms with Gasteiger partial charge in [0.05, 0.1) is 11.4 Å². The molecule has 206 valence electrons. The van der Waals surface area contributed by atoms with Crippen molar-refractivity contribution in [3.63, 3.8) is 0 Å². The molecule has 5 heteroatoms. The number of hydrogen-bond acceptors (Lipinski definition) is 3. The van der Waals surface area contributed by atoms with E-state index < -0.39 is 0 Å². The normalized spacial score (nSPS) is 13.9. The molecular weight excluding hydrogens is 551 g/mol. The smallest absolute Gasteiger partial charge is 0.333 e. The van der Waals surface area contributed by atoms with Crippen molar-refractivity contribution in [3.05, 3.63) is 127 Å². The first kappa shape index (κ1) is 22.6. The van der Waals surface area contributed by atoms with Crippen molar-refractivity contribution in [2.45, 2.75) is 0 Å². The van der Waals surface area contributed by atoms with Crippen LogP contribution in [0.5, 0.6) is 11.5 Å². The van der Waals surface area contributed by atoms with E-state index in [0.717, 1.165) is 45.1 Å². The summed E-state index contributed by atoms with van der Waals surface area (Å²) in [6, 6.07) is 45.9. The number of furan rings is 1. The number of aromatic nitrogens is 1. The lowest BCUT2D eigenvalue weighted by atomic mass is 9.44. The van der Waals surface area contributed by atoms with Crippen LogP contribution in [0.3, 0.4) is 0 Å². The summed E-state index contributed by atoms with van der Waals surface area (Å²) in [6.07, 6.45) is 0. The predicted molar refractivity (Wildman–Crippen MR) is 185 cm³/mol. The molecule has 45 heavy (non-hydrogen) atoms. The van der Waals surface area contributed by atoms with Crippen LogP contribution in [0.25, 0.3) is 65.6 Å². The van der Waals surface area contributed by atoms with E-state index in [-0.39, 0.29) is 6.85 Å². The fourth-order valence-electron chi connectivity index (χ4n) is 8.61. The summed E-state index contributed by atoms with van der Waals surface area (Å²) in [5, 5.41) is 7.40. The molecule has 3 aliphatic heterocycles. The topological polar surface area (TPSA) is 30.5 Å². The van der Waals surface area contributed by atoms with E-state index in [1.807, 2.05) is 6.07 Å². The standard InChI is InChI=1S/C40H21BN2O2/c1-2-10-23-20-30-27(19-22(23)9-1)24-12-7-13-26-37-36-25-11-3-5-16-32(25)44-35(36)21-31-38(37)41(43(30)39(24)26)28-14-8-18-34-40(28)42(31)29-15-4-6-17-33(29)45-34/h1-21H. The van der Waals surface area contributed by atoms with Gasteiger partial charge in [-0.15, -0.1) is 0 Å². The number of anilines is 3. The van der Waals surface area contributed by atoms with Crippen molar-refractivity contribution >= 4 is 89.4 Å². The summed E-state index contributed by atoms with van der Waals surface area (Å²) in [7, 11) is 0. The second-order valence-electron chi connectivity index (χ2n) is 12.4. The molecule has 3 aliphatic rings. The Labute approximate surface area is 257 Å². The molecule has 0 atom stereocenters. The molecular formula is C40H21BN2O2. The minimum Gasteiger partial charge on any atom is -0.456 e. The van der Waals surface area contributed by atoms with Crippen molar-refractivity contribution in [1.29, 1.82) is 0 Å². The van der Waals surface area contributed by atoms with Crippen LogP contribution in [0.15, 0.2) is 132 Å². The SMILES string of the molecule is c1ccc2c(c1)Oc1cccc3c1N2c1cc2oc4ccccc4c2c2c1B3n1c3cc4ccccc4cc3c3cccc-2c31. The van der Waals surface area contributed by atoms with E-state index >= 15 is 0 Å². The Bertz CT molecular complexity index is 2830. The molecule has 7 aromatic carbocycles. The summed E-state index contributed by atoms with van der Waals surface area (Å²) >= 11 is 0. The molecule has 12 rings (SSSR count). The minimum atomic E-state index is -0.0517. The molecule has 0 amide bonds. The van der Waals surface area contributed by atoms with Crippen molar-refractivity contribution in [2.24, 2.45) is 0 Å². The van der Waals surface area contributed by atoms with Crippen molar-refractivity contribution in [2.75, 3.05) is 4.90 Å². The van der Waals surface area contributed by atoms with Gasteiger partial charge in [0.25, 0.3) is 0 Å². The maximum Gasteiger partial charge on any atom is 0.333 e. The maximum atomic E-state index is 6.67.